The van der Waals surface area contributed by atoms with E-state index in [4.69, 9.17) is 16.7 Å². The first kappa shape index (κ1) is 10.7. The Morgan fingerprint density at radius 3 is 3.00 bits per heavy atom. The molecule has 0 unspecified atom stereocenters. The van der Waals surface area contributed by atoms with E-state index in [1.165, 1.54) is 6.20 Å². The van der Waals surface area contributed by atoms with Gasteiger partial charge in [0, 0.05) is 16.9 Å². The van der Waals surface area contributed by atoms with Gasteiger partial charge in [0.1, 0.15) is 0 Å². The molecule has 4 nitrogen and oxygen atoms in total. The molecule has 0 amide bonds. The lowest BCUT2D eigenvalue weighted by atomic mass is 10.3. The van der Waals surface area contributed by atoms with E-state index in [1.807, 2.05) is 12.1 Å². The fourth-order valence-corrected chi connectivity index (χ4v) is 1.65. The minimum absolute atomic E-state index is 0.0630. The van der Waals surface area contributed by atoms with Crippen molar-refractivity contribution in [2.75, 3.05) is 0 Å². The smallest absolute Gasteiger partial charge is 0.309 e. The van der Waals surface area contributed by atoms with Crippen LogP contribution in [0.1, 0.15) is 5.69 Å². The number of carboxylic acids is 1. The molecule has 0 fully saturated rings. The van der Waals surface area contributed by atoms with Crippen LogP contribution in [-0.2, 0) is 11.2 Å². The van der Waals surface area contributed by atoms with Gasteiger partial charge in [-0.25, -0.2) is 4.98 Å². The van der Waals surface area contributed by atoms with Crippen molar-refractivity contribution in [3.63, 3.8) is 0 Å². The number of carboxylic acid groups (broad SMARTS) is 1. The molecule has 0 aliphatic carbocycles. The quantitative estimate of drug-likeness (QED) is 0.889. The van der Waals surface area contributed by atoms with Crippen molar-refractivity contribution in [2.45, 2.75) is 6.42 Å². The van der Waals surface area contributed by atoms with Gasteiger partial charge in [-0.1, -0.05) is 17.7 Å². The van der Waals surface area contributed by atoms with E-state index in [0.717, 1.165) is 5.69 Å². The van der Waals surface area contributed by atoms with Crippen LogP contribution >= 0.6 is 11.6 Å². The zero-order valence-corrected chi connectivity index (χ0v) is 9.05. The lowest BCUT2D eigenvalue weighted by Gasteiger charge is -2.06. The Kier molecular flexibility index (Phi) is 2.92. The third-order valence-corrected chi connectivity index (χ3v) is 2.37. The van der Waals surface area contributed by atoms with E-state index in [1.54, 1.807) is 23.0 Å². The maximum atomic E-state index is 10.6. The fraction of sp³-hybridized carbons (Fsp3) is 0.0909. The largest absolute Gasteiger partial charge is 0.481 e. The minimum atomic E-state index is -0.885. The van der Waals surface area contributed by atoms with Gasteiger partial charge in [0.25, 0.3) is 0 Å². The predicted octanol–water partition coefficient (Wildman–Crippen LogP) is 2.15. The highest BCUT2D eigenvalue weighted by atomic mass is 35.5. The summed E-state index contributed by atoms with van der Waals surface area (Å²) >= 11 is 5.87. The third-order valence-electron chi connectivity index (χ3n) is 2.13. The first-order chi connectivity index (χ1) is 7.66. The summed E-state index contributed by atoms with van der Waals surface area (Å²) in [5.41, 5.74) is 1.43. The maximum Gasteiger partial charge on any atom is 0.309 e. The molecule has 2 rings (SSSR count). The molecule has 0 saturated heterocycles. The standard InChI is InChI=1S/C11H9ClN2O2/c12-8-2-1-3-9(4-8)14-7-13-6-10(14)5-11(15)16/h1-4,6-7H,5H2,(H,15,16). The van der Waals surface area contributed by atoms with Crippen LogP contribution in [0.25, 0.3) is 5.69 Å². The molecule has 0 atom stereocenters. The number of aromatic nitrogens is 2. The van der Waals surface area contributed by atoms with Gasteiger partial charge < -0.3 is 9.67 Å². The van der Waals surface area contributed by atoms with Crippen LogP contribution < -0.4 is 0 Å². The molecule has 0 saturated carbocycles. The molecule has 0 bridgehead atoms. The molecule has 2 aromatic rings. The lowest BCUT2D eigenvalue weighted by molar-refractivity contribution is -0.136. The van der Waals surface area contributed by atoms with Gasteiger partial charge >= 0.3 is 5.97 Å². The van der Waals surface area contributed by atoms with Gasteiger partial charge in [-0.05, 0) is 18.2 Å². The van der Waals surface area contributed by atoms with Gasteiger partial charge in [-0.15, -0.1) is 0 Å². The Bertz CT molecular complexity index is 522. The van der Waals surface area contributed by atoms with Crippen LogP contribution in [0, 0.1) is 0 Å². The monoisotopic (exact) mass is 236 g/mol. The number of halogens is 1. The Balaban J connectivity index is 2.40. The molecule has 0 spiro atoms. The van der Waals surface area contributed by atoms with E-state index in [0.29, 0.717) is 10.7 Å². The molecule has 0 aliphatic rings. The number of aliphatic carboxylic acids is 1. The molecule has 0 radical (unpaired) electrons. The van der Waals surface area contributed by atoms with Crippen molar-refractivity contribution in [3.8, 4) is 5.69 Å². The Morgan fingerprint density at radius 1 is 1.50 bits per heavy atom. The van der Waals surface area contributed by atoms with Gasteiger partial charge in [0.15, 0.2) is 0 Å². The second-order valence-corrected chi connectivity index (χ2v) is 3.74. The van der Waals surface area contributed by atoms with E-state index in [2.05, 4.69) is 4.98 Å². The topological polar surface area (TPSA) is 55.1 Å². The summed E-state index contributed by atoms with van der Waals surface area (Å²) in [6.45, 7) is 0. The van der Waals surface area contributed by atoms with Crippen molar-refractivity contribution in [3.05, 3.63) is 47.5 Å². The second kappa shape index (κ2) is 4.37. The molecule has 0 aliphatic heterocycles. The van der Waals surface area contributed by atoms with Gasteiger partial charge in [0.2, 0.25) is 0 Å². The molecule has 5 heteroatoms. The Morgan fingerprint density at radius 2 is 2.31 bits per heavy atom. The molecule has 1 aromatic carbocycles. The zero-order valence-electron chi connectivity index (χ0n) is 8.30. The maximum absolute atomic E-state index is 10.6. The summed E-state index contributed by atoms with van der Waals surface area (Å²) in [6, 6.07) is 7.18. The van der Waals surface area contributed by atoms with Crippen LogP contribution in [0.3, 0.4) is 0 Å². The number of benzene rings is 1. The summed E-state index contributed by atoms with van der Waals surface area (Å²) < 4.78 is 1.71. The first-order valence-corrected chi connectivity index (χ1v) is 5.03. The molecular formula is C11H9ClN2O2. The van der Waals surface area contributed by atoms with Crippen molar-refractivity contribution in [1.82, 2.24) is 9.55 Å². The zero-order chi connectivity index (χ0) is 11.5. The average molecular weight is 237 g/mol. The highest BCUT2D eigenvalue weighted by Gasteiger charge is 2.08. The van der Waals surface area contributed by atoms with Gasteiger partial charge in [-0.2, -0.15) is 0 Å². The number of imidazole rings is 1. The summed E-state index contributed by atoms with van der Waals surface area (Å²) in [6.07, 6.45) is 3.05. The normalized spacial score (nSPS) is 10.3. The highest BCUT2D eigenvalue weighted by molar-refractivity contribution is 6.30. The number of hydrogen-bond acceptors (Lipinski definition) is 2. The summed E-state index contributed by atoms with van der Waals surface area (Å²) in [5.74, 6) is -0.885. The van der Waals surface area contributed by atoms with Gasteiger partial charge in [0.05, 0.1) is 18.4 Å². The van der Waals surface area contributed by atoms with Crippen LogP contribution in [0.15, 0.2) is 36.8 Å². The Hall–Kier alpha value is -1.81. The van der Waals surface area contributed by atoms with Crippen molar-refractivity contribution >= 4 is 17.6 Å². The number of rotatable bonds is 3. The fourth-order valence-electron chi connectivity index (χ4n) is 1.47. The van der Waals surface area contributed by atoms with Crippen LogP contribution in [0.2, 0.25) is 5.02 Å². The van der Waals surface area contributed by atoms with E-state index >= 15 is 0 Å². The Labute approximate surface area is 97.1 Å². The summed E-state index contributed by atoms with van der Waals surface area (Å²) in [4.78, 5) is 14.6. The minimum Gasteiger partial charge on any atom is -0.481 e. The van der Waals surface area contributed by atoms with Crippen molar-refractivity contribution in [1.29, 1.82) is 0 Å². The molecule has 1 aromatic heterocycles. The molecule has 1 heterocycles. The SMILES string of the molecule is O=C(O)Cc1cncn1-c1cccc(Cl)c1. The second-order valence-electron chi connectivity index (χ2n) is 3.31. The van der Waals surface area contributed by atoms with E-state index in [9.17, 15) is 4.79 Å². The van der Waals surface area contributed by atoms with Crippen molar-refractivity contribution < 1.29 is 9.90 Å². The third kappa shape index (κ3) is 2.23. The van der Waals surface area contributed by atoms with Crippen LogP contribution in [-0.4, -0.2) is 20.6 Å². The summed E-state index contributed by atoms with van der Waals surface area (Å²) in [5, 5.41) is 9.35. The lowest BCUT2D eigenvalue weighted by Crippen LogP contribution is -2.05. The molecule has 1 N–H and O–H groups in total. The van der Waals surface area contributed by atoms with Crippen molar-refractivity contribution in [2.24, 2.45) is 0 Å². The van der Waals surface area contributed by atoms with Crippen LogP contribution in [0.5, 0.6) is 0 Å². The molecule has 16 heavy (non-hydrogen) atoms. The highest BCUT2D eigenvalue weighted by Crippen LogP contribution is 2.16. The molecular weight excluding hydrogens is 228 g/mol. The number of hydrogen-bond donors (Lipinski definition) is 1. The average Bonchev–Trinajstić information content (AvgIpc) is 2.65. The first-order valence-electron chi connectivity index (χ1n) is 4.66. The van der Waals surface area contributed by atoms with Crippen LogP contribution in [0.4, 0.5) is 0 Å². The number of nitrogens with zero attached hydrogens (tertiary/aromatic N) is 2. The van der Waals surface area contributed by atoms with E-state index < -0.39 is 5.97 Å². The van der Waals surface area contributed by atoms with Gasteiger partial charge in [-0.3, -0.25) is 4.79 Å². The number of carbonyl (C=O) groups is 1. The summed E-state index contributed by atoms with van der Waals surface area (Å²) in [7, 11) is 0. The predicted molar refractivity (Wildman–Crippen MR) is 59.9 cm³/mol. The van der Waals surface area contributed by atoms with E-state index in [-0.39, 0.29) is 6.42 Å². The molecule has 82 valence electrons.